The van der Waals surface area contributed by atoms with Crippen molar-refractivity contribution >= 4 is 5.97 Å². The second-order valence-electron chi connectivity index (χ2n) is 7.42. The van der Waals surface area contributed by atoms with Crippen molar-refractivity contribution in [3.05, 3.63) is 71.8 Å². The number of aryl methyl sites for hydroxylation is 1. The summed E-state index contributed by atoms with van der Waals surface area (Å²) in [6, 6.07) is 15.4. The van der Waals surface area contributed by atoms with Crippen LogP contribution in [0.4, 0.5) is 0 Å². The van der Waals surface area contributed by atoms with E-state index in [1.807, 2.05) is 35.9 Å². The Labute approximate surface area is 164 Å². The van der Waals surface area contributed by atoms with Crippen molar-refractivity contribution in [1.29, 1.82) is 0 Å². The number of likely N-dealkylation sites (tertiary alicyclic amines) is 1. The first-order valence-electron chi connectivity index (χ1n) is 9.59. The van der Waals surface area contributed by atoms with E-state index < -0.39 is 5.97 Å². The molecule has 3 aromatic rings. The number of piperidine rings is 1. The average molecular weight is 376 g/mol. The number of benzene rings is 2. The Bertz CT molecular complexity index is 965. The molecule has 0 radical (unpaired) electrons. The first-order valence-corrected chi connectivity index (χ1v) is 9.59. The van der Waals surface area contributed by atoms with Gasteiger partial charge in [-0.2, -0.15) is 0 Å². The highest BCUT2D eigenvalue weighted by Gasteiger charge is 2.24. The monoisotopic (exact) mass is 376 g/mol. The van der Waals surface area contributed by atoms with Gasteiger partial charge in [-0.05, 0) is 42.1 Å². The number of nitrogens with zero attached hydrogens (tertiary/aromatic N) is 4. The van der Waals surface area contributed by atoms with Crippen LogP contribution in [0.15, 0.2) is 54.9 Å². The Morgan fingerprint density at radius 2 is 1.96 bits per heavy atom. The Hall–Kier alpha value is -2.99. The predicted molar refractivity (Wildman–Crippen MR) is 107 cm³/mol. The summed E-state index contributed by atoms with van der Waals surface area (Å²) in [6.07, 6.45) is 4.07. The lowest BCUT2D eigenvalue weighted by Gasteiger charge is -2.32. The fourth-order valence-electron chi connectivity index (χ4n) is 4.04. The molecule has 0 saturated carbocycles. The van der Waals surface area contributed by atoms with E-state index in [4.69, 9.17) is 0 Å². The number of carbonyl (C=O) groups is 1. The number of hydrogen-bond donors (Lipinski definition) is 1. The third-order valence-electron chi connectivity index (χ3n) is 5.45. The van der Waals surface area contributed by atoms with Crippen molar-refractivity contribution in [3.8, 4) is 11.1 Å². The van der Waals surface area contributed by atoms with E-state index in [-0.39, 0.29) is 0 Å². The van der Waals surface area contributed by atoms with Gasteiger partial charge in [-0.15, -0.1) is 10.2 Å². The van der Waals surface area contributed by atoms with E-state index in [1.54, 1.807) is 18.5 Å². The van der Waals surface area contributed by atoms with Gasteiger partial charge in [0, 0.05) is 26.1 Å². The molecule has 1 aliphatic heterocycles. The highest BCUT2D eigenvalue weighted by atomic mass is 16.4. The summed E-state index contributed by atoms with van der Waals surface area (Å²) in [5, 5.41) is 17.7. The van der Waals surface area contributed by atoms with E-state index >= 15 is 0 Å². The molecule has 2 heterocycles. The third-order valence-corrected chi connectivity index (χ3v) is 5.45. The first-order chi connectivity index (χ1) is 13.6. The Kier molecular flexibility index (Phi) is 5.21. The SMILES string of the molecule is Cn1cnnc1[C@@H]1CCCN(Cc2ccc(-c3ccccc3C(=O)O)cc2)C1. The van der Waals surface area contributed by atoms with Crippen LogP contribution < -0.4 is 0 Å². The third kappa shape index (κ3) is 3.82. The molecule has 0 spiro atoms. The molecule has 4 rings (SSSR count). The predicted octanol–water partition coefficient (Wildman–Crippen LogP) is 3.56. The molecular formula is C22H24N4O2. The summed E-state index contributed by atoms with van der Waals surface area (Å²) in [4.78, 5) is 13.9. The van der Waals surface area contributed by atoms with Crippen LogP contribution >= 0.6 is 0 Å². The van der Waals surface area contributed by atoms with Gasteiger partial charge >= 0.3 is 5.97 Å². The first kappa shape index (κ1) is 18.4. The molecule has 2 aromatic carbocycles. The number of carboxylic acid groups (broad SMARTS) is 1. The summed E-state index contributed by atoms with van der Waals surface area (Å²) in [5.41, 5.74) is 3.24. The lowest BCUT2D eigenvalue weighted by atomic mass is 9.96. The zero-order valence-electron chi connectivity index (χ0n) is 16.0. The number of aromatic carboxylic acids is 1. The zero-order chi connectivity index (χ0) is 19.5. The normalized spacial score (nSPS) is 17.5. The molecule has 0 bridgehead atoms. The van der Waals surface area contributed by atoms with Crippen LogP contribution in [0.25, 0.3) is 11.1 Å². The van der Waals surface area contributed by atoms with Crippen molar-refractivity contribution in [3.63, 3.8) is 0 Å². The zero-order valence-corrected chi connectivity index (χ0v) is 16.0. The lowest BCUT2D eigenvalue weighted by Crippen LogP contribution is -2.34. The molecule has 0 amide bonds. The minimum Gasteiger partial charge on any atom is -0.478 e. The maximum atomic E-state index is 11.5. The molecule has 1 aromatic heterocycles. The van der Waals surface area contributed by atoms with Gasteiger partial charge in [0.05, 0.1) is 5.56 Å². The molecule has 1 N–H and O–H groups in total. The van der Waals surface area contributed by atoms with Gasteiger partial charge in [0.15, 0.2) is 0 Å². The number of aromatic nitrogens is 3. The fourth-order valence-corrected chi connectivity index (χ4v) is 4.04. The molecule has 1 atom stereocenters. The smallest absolute Gasteiger partial charge is 0.336 e. The largest absolute Gasteiger partial charge is 0.478 e. The fraction of sp³-hybridized carbons (Fsp3) is 0.318. The molecule has 28 heavy (non-hydrogen) atoms. The maximum Gasteiger partial charge on any atom is 0.336 e. The van der Waals surface area contributed by atoms with Gasteiger partial charge in [0.2, 0.25) is 0 Å². The van der Waals surface area contributed by atoms with Crippen LogP contribution in [0.5, 0.6) is 0 Å². The van der Waals surface area contributed by atoms with E-state index in [0.29, 0.717) is 11.5 Å². The summed E-state index contributed by atoms with van der Waals surface area (Å²) in [6.45, 7) is 2.95. The van der Waals surface area contributed by atoms with Gasteiger partial charge in [0.25, 0.3) is 0 Å². The van der Waals surface area contributed by atoms with Crippen LogP contribution in [0.1, 0.15) is 40.5 Å². The topological polar surface area (TPSA) is 71.2 Å². The second kappa shape index (κ2) is 7.94. The van der Waals surface area contributed by atoms with Crippen molar-refractivity contribution < 1.29 is 9.90 Å². The van der Waals surface area contributed by atoms with Crippen molar-refractivity contribution in [1.82, 2.24) is 19.7 Å². The van der Waals surface area contributed by atoms with Crippen molar-refractivity contribution in [2.75, 3.05) is 13.1 Å². The van der Waals surface area contributed by atoms with Crippen LogP contribution in [0.3, 0.4) is 0 Å². The van der Waals surface area contributed by atoms with Gasteiger partial charge < -0.3 is 9.67 Å². The van der Waals surface area contributed by atoms with Crippen LogP contribution in [0, 0.1) is 0 Å². The molecular weight excluding hydrogens is 352 g/mol. The summed E-state index contributed by atoms with van der Waals surface area (Å²) >= 11 is 0. The van der Waals surface area contributed by atoms with Gasteiger partial charge in [-0.25, -0.2) is 4.79 Å². The van der Waals surface area contributed by atoms with E-state index in [1.165, 1.54) is 5.56 Å². The van der Waals surface area contributed by atoms with Gasteiger partial charge in [-0.1, -0.05) is 42.5 Å². The summed E-state index contributed by atoms with van der Waals surface area (Å²) < 4.78 is 2.02. The molecule has 144 valence electrons. The maximum absolute atomic E-state index is 11.5. The molecule has 6 nitrogen and oxygen atoms in total. The van der Waals surface area contributed by atoms with E-state index in [0.717, 1.165) is 49.4 Å². The van der Waals surface area contributed by atoms with Crippen LogP contribution in [0.2, 0.25) is 0 Å². The number of rotatable bonds is 5. The highest BCUT2D eigenvalue weighted by molar-refractivity contribution is 5.95. The summed E-state index contributed by atoms with van der Waals surface area (Å²) in [5.74, 6) is 0.580. The molecule has 1 saturated heterocycles. The Balaban J connectivity index is 1.46. The average Bonchev–Trinajstić information content (AvgIpc) is 3.15. The van der Waals surface area contributed by atoms with Gasteiger partial charge in [-0.3, -0.25) is 4.90 Å². The van der Waals surface area contributed by atoms with Crippen LogP contribution in [-0.2, 0) is 13.6 Å². The molecule has 0 aliphatic carbocycles. The van der Waals surface area contributed by atoms with Crippen molar-refractivity contribution in [2.24, 2.45) is 7.05 Å². The quantitative estimate of drug-likeness (QED) is 0.737. The van der Waals surface area contributed by atoms with Gasteiger partial charge in [0.1, 0.15) is 12.2 Å². The second-order valence-corrected chi connectivity index (χ2v) is 7.42. The molecule has 6 heteroatoms. The Morgan fingerprint density at radius 1 is 1.18 bits per heavy atom. The van der Waals surface area contributed by atoms with E-state index in [2.05, 4.69) is 27.2 Å². The van der Waals surface area contributed by atoms with Crippen LogP contribution in [-0.4, -0.2) is 43.8 Å². The standard InChI is InChI=1S/C22H24N4O2/c1-25-15-23-24-21(25)18-5-4-12-26(14-18)13-16-8-10-17(11-9-16)19-6-2-3-7-20(19)22(27)28/h2-3,6-11,15,18H,4-5,12-14H2,1H3,(H,27,28)/t18-/m1/s1. The molecule has 1 fully saturated rings. The minimum absolute atomic E-state index is 0.331. The van der Waals surface area contributed by atoms with E-state index in [9.17, 15) is 9.90 Å². The highest BCUT2D eigenvalue weighted by Crippen LogP contribution is 2.27. The molecule has 0 unspecified atom stereocenters. The lowest BCUT2D eigenvalue weighted by molar-refractivity contribution is 0.0697. The molecule has 1 aliphatic rings. The number of hydrogen-bond acceptors (Lipinski definition) is 4. The minimum atomic E-state index is -0.900. The number of carboxylic acids is 1. The van der Waals surface area contributed by atoms with Crippen molar-refractivity contribution in [2.45, 2.75) is 25.3 Å². The summed E-state index contributed by atoms with van der Waals surface area (Å²) in [7, 11) is 2.00. The Morgan fingerprint density at radius 3 is 2.68 bits per heavy atom.